The van der Waals surface area contributed by atoms with E-state index in [4.69, 9.17) is 0 Å². The Balaban J connectivity index is 2.44. The van der Waals surface area contributed by atoms with Crippen LogP contribution in [0.15, 0.2) is 0 Å². The van der Waals surface area contributed by atoms with Crippen molar-refractivity contribution in [3.63, 3.8) is 0 Å². The number of esters is 1. The van der Waals surface area contributed by atoms with E-state index in [1.165, 1.54) is 0 Å². The van der Waals surface area contributed by atoms with Crippen LogP contribution in [0.5, 0.6) is 0 Å². The van der Waals surface area contributed by atoms with Gasteiger partial charge < -0.3 is 4.74 Å². The summed E-state index contributed by atoms with van der Waals surface area (Å²) >= 11 is 0. The van der Waals surface area contributed by atoms with Crippen molar-refractivity contribution in [1.82, 2.24) is 0 Å². The Morgan fingerprint density at radius 3 is 2.78 bits per heavy atom. The molecule has 2 unspecified atom stereocenters. The normalized spacial score (nSPS) is 34.7. The van der Waals surface area contributed by atoms with E-state index in [2.05, 4.69) is 4.74 Å². The zero-order valence-electron chi connectivity index (χ0n) is 5.26. The largest absolute Gasteiger partial charge is 0.460 e. The summed E-state index contributed by atoms with van der Waals surface area (Å²) < 4.78 is 16.9. The minimum absolute atomic E-state index is 0.174. The molecule has 0 aromatic heterocycles. The molecule has 1 aliphatic heterocycles. The minimum Gasteiger partial charge on any atom is -0.460 e. The summed E-state index contributed by atoms with van der Waals surface area (Å²) in [6, 6.07) is 0. The van der Waals surface area contributed by atoms with Gasteiger partial charge in [0.15, 0.2) is 0 Å². The molecule has 1 fully saturated rings. The van der Waals surface area contributed by atoms with Gasteiger partial charge in [0.1, 0.15) is 6.10 Å². The van der Waals surface area contributed by atoms with E-state index in [0.717, 1.165) is 0 Å². The van der Waals surface area contributed by atoms with Crippen molar-refractivity contribution in [2.45, 2.75) is 32.0 Å². The number of rotatable bonds is 1. The quantitative estimate of drug-likeness (QED) is 0.498. The molecule has 0 aromatic rings. The molecule has 52 valence electrons. The average Bonchev–Trinajstić information content (AvgIpc) is 2.13. The first kappa shape index (κ1) is 6.52. The fraction of sp³-hybridized carbons (Fsp3) is 0.833. The Hall–Kier alpha value is -0.600. The smallest absolute Gasteiger partial charge is 0.341 e. The second-order valence-corrected chi connectivity index (χ2v) is 2.17. The van der Waals surface area contributed by atoms with Crippen LogP contribution in [-0.4, -0.2) is 18.2 Å². The van der Waals surface area contributed by atoms with Crippen LogP contribution in [0.2, 0.25) is 0 Å². The standard InChI is InChI=1S/C6H9FO2/c1-2-4-3-5(7)6(8)9-4/h4-5H,2-3H2,1H3. The Labute approximate surface area is 53.0 Å². The minimum atomic E-state index is -1.37. The van der Waals surface area contributed by atoms with Gasteiger partial charge in [-0.1, -0.05) is 6.92 Å². The molecule has 0 spiro atoms. The predicted molar refractivity (Wildman–Crippen MR) is 29.7 cm³/mol. The predicted octanol–water partition coefficient (Wildman–Crippen LogP) is 1.05. The first-order valence-electron chi connectivity index (χ1n) is 3.08. The summed E-state index contributed by atoms with van der Waals surface area (Å²) in [7, 11) is 0. The molecule has 0 aliphatic carbocycles. The van der Waals surface area contributed by atoms with Crippen molar-refractivity contribution in [1.29, 1.82) is 0 Å². The van der Waals surface area contributed by atoms with E-state index in [9.17, 15) is 9.18 Å². The SMILES string of the molecule is CCC1CC(F)C(=O)O1. The first-order chi connectivity index (χ1) is 4.24. The van der Waals surface area contributed by atoms with E-state index < -0.39 is 12.1 Å². The lowest BCUT2D eigenvalue weighted by Crippen LogP contribution is -2.06. The molecule has 1 rings (SSSR count). The number of hydrogen-bond acceptors (Lipinski definition) is 2. The van der Waals surface area contributed by atoms with Gasteiger partial charge in [0.05, 0.1) is 0 Å². The molecule has 9 heavy (non-hydrogen) atoms. The molecule has 0 radical (unpaired) electrons. The summed E-state index contributed by atoms with van der Waals surface area (Å²) in [4.78, 5) is 10.3. The van der Waals surface area contributed by atoms with Crippen molar-refractivity contribution >= 4 is 5.97 Å². The topological polar surface area (TPSA) is 26.3 Å². The highest BCUT2D eigenvalue weighted by Crippen LogP contribution is 2.19. The van der Waals surface area contributed by atoms with Crippen LogP contribution in [0.4, 0.5) is 4.39 Å². The fourth-order valence-electron chi connectivity index (χ4n) is 0.863. The number of ether oxygens (including phenoxy) is 1. The summed E-state index contributed by atoms with van der Waals surface area (Å²) in [5, 5.41) is 0. The van der Waals surface area contributed by atoms with Crippen LogP contribution in [0.1, 0.15) is 19.8 Å². The summed E-state index contributed by atoms with van der Waals surface area (Å²) in [6.45, 7) is 1.87. The molecule has 0 bridgehead atoms. The van der Waals surface area contributed by atoms with Crippen molar-refractivity contribution in [2.24, 2.45) is 0 Å². The highest BCUT2D eigenvalue weighted by molar-refractivity contribution is 5.76. The van der Waals surface area contributed by atoms with Gasteiger partial charge in [-0.2, -0.15) is 0 Å². The van der Waals surface area contributed by atoms with Gasteiger partial charge in [0.25, 0.3) is 0 Å². The highest BCUT2D eigenvalue weighted by atomic mass is 19.1. The van der Waals surface area contributed by atoms with Crippen molar-refractivity contribution < 1.29 is 13.9 Å². The molecule has 2 atom stereocenters. The Bertz CT molecular complexity index is 124. The molecule has 1 heterocycles. The van der Waals surface area contributed by atoms with Gasteiger partial charge >= 0.3 is 5.97 Å². The molecule has 0 amide bonds. The number of hydrogen-bond donors (Lipinski definition) is 0. The van der Waals surface area contributed by atoms with Gasteiger partial charge in [0, 0.05) is 6.42 Å². The number of carbonyl (C=O) groups is 1. The average molecular weight is 132 g/mol. The van der Waals surface area contributed by atoms with Crippen LogP contribution in [0.25, 0.3) is 0 Å². The molecular formula is C6H9FO2. The van der Waals surface area contributed by atoms with Crippen LogP contribution in [0.3, 0.4) is 0 Å². The number of alkyl halides is 1. The number of carbonyl (C=O) groups excluding carboxylic acids is 1. The second kappa shape index (κ2) is 2.33. The third-order valence-corrected chi connectivity index (χ3v) is 1.46. The van der Waals surface area contributed by atoms with Crippen molar-refractivity contribution in [3.8, 4) is 0 Å². The van der Waals surface area contributed by atoms with E-state index in [1.807, 2.05) is 6.92 Å². The van der Waals surface area contributed by atoms with Crippen LogP contribution >= 0.6 is 0 Å². The van der Waals surface area contributed by atoms with Gasteiger partial charge in [-0.15, -0.1) is 0 Å². The molecular weight excluding hydrogens is 123 g/mol. The van der Waals surface area contributed by atoms with Crippen molar-refractivity contribution in [3.05, 3.63) is 0 Å². The molecule has 0 aromatic carbocycles. The monoisotopic (exact) mass is 132 g/mol. The third kappa shape index (κ3) is 1.20. The maximum absolute atomic E-state index is 12.3. The number of cyclic esters (lactones) is 1. The zero-order chi connectivity index (χ0) is 6.85. The summed E-state index contributed by atoms with van der Waals surface area (Å²) in [5.74, 6) is -0.693. The maximum Gasteiger partial charge on any atom is 0.341 e. The lowest BCUT2D eigenvalue weighted by Gasteiger charge is -2.01. The second-order valence-electron chi connectivity index (χ2n) is 2.17. The summed E-state index contributed by atoms with van der Waals surface area (Å²) in [5.41, 5.74) is 0. The Morgan fingerprint density at radius 2 is 2.56 bits per heavy atom. The Morgan fingerprint density at radius 1 is 1.89 bits per heavy atom. The maximum atomic E-state index is 12.3. The fourth-order valence-corrected chi connectivity index (χ4v) is 0.863. The van der Waals surface area contributed by atoms with E-state index in [-0.39, 0.29) is 12.5 Å². The summed E-state index contributed by atoms with van der Waals surface area (Å²) in [6.07, 6.45) is -0.580. The first-order valence-corrected chi connectivity index (χ1v) is 3.08. The highest BCUT2D eigenvalue weighted by Gasteiger charge is 2.32. The molecule has 1 saturated heterocycles. The van der Waals surface area contributed by atoms with E-state index in [1.54, 1.807) is 0 Å². The third-order valence-electron chi connectivity index (χ3n) is 1.46. The molecule has 0 N–H and O–H groups in total. The van der Waals surface area contributed by atoms with Crippen LogP contribution in [-0.2, 0) is 9.53 Å². The number of halogens is 1. The van der Waals surface area contributed by atoms with Crippen LogP contribution < -0.4 is 0 Å². The van der Waals surface area contributed by atoms with Gasteiger partial charge in [-0.25, -0.2) is 9.18 Å². The molecule has 2 nitrogen and oxygen atoms in total. The van der Waals surface area contributed by atoms with E-state index in [0.29, 0.717) is 6.42 Å². The van der Waals surface area contributed by atoms with Gasteiger partial charge in [-0.05, 0) is 6.42 Å². The van der Waals surface area contributed by atoms with Crippen LogP contribution in [0, 0.1) is 0 Å². The lowest BCUT2D eigenvalue weighted by molar-refractivity contribution is -0.145. The zero-order valence-corrected chi connectivity index (χ0v) is 5.26. The Kier molecular flexibility index (Phi) is 1.69. The van der Waals surface area contributed by atoms with E-state index >= 15 is 0 Å². The van der Waals surface area contributed by atoms with Crippen molar-refractivity contribution in [2.75, 3.05) is 0 Å². The lowest BCUT2D eigenvalue weighted by atomic mass is 10.2. The molecule has 1 aliphatic rings. The molecule has 3 heteroatoms. The van der Waals surface area contributed by atoms with Gasteiger partial charge in [0.2, 0.25) is 6.17 Å². The molecule has 0 saturated carbocycles. The van der Waals surface area contributed by atoms with Gasteiger partial charge in [-0.3, -0.25) is 0 Å².